The summed E-state index contributed by atoms with van der Waals surface area (Å²) in [6, 6.07) is 12.6. The highest BCUT2D eigenvalue weighted by Gasteiger charge is 2.29. The Kier molecular flexibility index (Phi) is 6.93. The minimum Gasteiger partial charge on any atom is -0.382 e. The molecule has 1 aliphatic rings. The zero-order chi connectivity index (χ0) is 25.2. The molecule has 4 aromatic rings. The van der Waals surface area contributed by atoms with E-state index >= 15 is 4.39 Å². The second-order valence-corrected chi connectivity index (χ2v) is 9.83. The lowest BCUT2D eigenvalue weighted by Gasteiger charge is -2.28. The monoisotopic (exact) mass is 509 g/mol. The van der Waals surface area contributed by atoms with E-state index in [0.717, 1.165) is 31.2 Å². The van der Waals surface area contributed by atoms with E-state index in [1.807, 2.05) is 30.3 Å². The highest BCUT2D eigenvalue weighted by molar-refractivity contribution is 6.32. The van der Waals surface area contributed by atoms with E-state index in [-0.39, 0.29) is 39.6 Å². The first kappa shape index (κ1) is 24.3. The number of carbonyl (C=O) groups excluding carboxylic acids is 1. The number of nitrogens with one attached hydrogen (secondary N) is 3. The van der Waals surface area contributed by atoms with E-state index in [4.69, 9.17) is 23.1 Å². The maximum Gasteiger partial charge on any atom is 0.223 e. The van der Waals surface area contributed by atoms with Gasteiger partial charge in [-0.1, -0.05) is 41.9 Å². The molecular formula is C26H29ClFN7O. The summed E-state index contributed by atoms with van der Waals surface area (Å²) in [7, 11) is 0. The average molecular weight is 510 g/mol. The minimum absolute atomic E-state index is 0.0130. The maximum absolute atomic E-state index is 15.3. The number of hydrogen-bond acceptors (Lipinski definition) is 5. The molecule has 5 rings (SSSR count). The van der Waals surface area contributed by atoms with Crippen molar-refractivity contribution in [3.63, 3.8) is 0 Å². The predicted octanol–water partition coefficient (Wildman–Crippen LogP) is 4.49. The van der Waals surface area contributed by atoms with Crippen LogP contribution in [0.1, 0.15) is 43.1 Å². The van der Waals surface area contributed by atoms with Crippen molar-refractivity contribution in [3.8, 4) is 11.3 Å². The highest BCUT2D eigenvalue weighted by Crippen LogP contribution is 2.34. The van der Waals surface area contributed by atoms with Crippen molar-refractivity contribution in [3.05, 3.63) is 64.8 Å². The molecule has 0 spiro atoms. The number of nitrogens with zero attached hydrogens (tertiary/aromatic N) is 2. The molecule has 2 aromatic carbocycles. The second kappa shape index (κ2) is 10.3. The van der Waals surface area contributed by atoms with Gasteiger partial charge in [-0.15, -0.1) is 0 Å². The Bertz CT molecular complexity index is 1360. The number of H-pyrrole nitrogens is 2. The first-order valence-electron chi connectivity index (χ1n) is 12.2. The summed E-state index contributed by atoms with van der Waals surface area (Å²) >= 11 is 6.51. The van der Waals surface area contributed by atoms with Crippen molar-refractivity contribution in [1.29, 1.82) is 0 Å². The summed E-state index contributed by atoms with van der Waals surface area (Å²) in [5.41, 5.74) is 13.3. The molecule has 188 valence electrons. The fourth-order valence-electron chi connectivity index (χ4n) is 4.99. The fourth-order valence-corrected chi connectivity index (χ4v) is 5.23. The molecule has 2 aromatic heterocycles. The second-order valence-electron chi connectivity index (χ2n) is 9.45. The van der Waals surface area contributed by atoms with Gasteiger partial charge < -0.3 is 21.8 Å². The molecule has 1 fully saturated rings. The standard InChI is InChI=1S/C26H29ClFN7O/c27-23-22(17-10-11-18-21(20(17)28)34-35-24(18)30)32-25(33-23)19(12-14-4-2-1-3-5-14)31-26(36)16-8-6-15(13-29)7-9-16/h1-5,10-11,15-16,19H,6-9,12-13,29H2,(H,31,36)(H,32,33)(H3,30,34,35). The third kappa shape index (κ3) is 4.81. The van der Waals surface area contributed by atoms with E-state index in [9.17, 15) is 4.79 Å². The van der Waals surface area contributed by atoms with Crippen LogP contribution in [0.2, 0.25) is 5.15 Å². The van der Waals surface area contributed by atoms with Crippen molar-refractivity contribution in [2.24, 2.45) is 17.6 Å². The van der Waals surface area contributed by atoms with Crippen LogP contribution in [0.5, 0.6) is 0 Å². The van der Waals surface area contributed by atoms with E-state index < -0.39 is 11.9 Å². The van der Waals surface area contributed by atoms with Crippen LogP contribution in [0.15, 0.2) is 42.5 Å². The number of benzene rings is 2. The molecule has 36 heavy (non-hydrogen) atoms. The molecular weight excluding hydrogens is 481 g/mol. The molecule has 1 unspecified atom stereocenters. The predicted molar refractivity (Wildman–Crippen MR) is 139 cm³/mol. The third-order valence-corrected chi connectivity index (χ3v) is 7.39. The first-order valence-corrected chi connectivity index (χ1v) is 12.5. The Morgan fingerprint density at radius 2 is 1.92 bits per heavy atom. The number of anilines is 1. The zero-order valence-corrected chi connectivity index (χ0v) is 20.5. The van der Waals surface area contributed by atoms with Crippen LogP contribution < -0.4 is 16.8 Å². The van der Waals surface area contributed by atoms with Gasteiger partial charge in [0, 0.05) is 16.9 Å². The maximum atomic E-state index is 15.3. The third-order valence-electron chi connectivity index (χ3n) is 7.12. The van der Waals surface area contributed by atoms with Crippen LogP contribution in [0.4, 0.5) is 10.2 Å². The summed E-state index contributed by atoms with van der Waals surface area (Å²) in [5.74, 6) is 0.541. The number of halogens is 2. The van der Waals surface area contributed by atoms with Crippen molar-refractivity contribution in [2.75, 3.05) is 12.3 Å². The number of nitrogens with two attached hydrogens (primary N) is 2. The van der Waals surface area contributed by atoms with Gasteiger partial charge in [-0.25, -0.2) is 9.37 Å². The summed E-state index contributed by atoms with van der Waals surface area (Å²) in [6.45, 7) is 0.659. The number of aromatic amines is 2. The Morgan fingerprint density at radius 3 is 2.64 bits per heavy atom. The Labute approximate surface area is 213 Å². The van der Waals surface area contributed by atoms with Crippen molar-refractivity contribution >= 4 is 34.2 Å². The summed E-state index contributed by atoms with van der Waals surface area (Å²) in [6.07, 6.45) is 4.04. The largest absolute Gasteiger partial charge is 0.382 e. The number of carbonyl (C=O) groups is 1. The quantitative estimate of drug-likeness (QED) is 0.250. The zero-order valence-electron chi connectivity index (χ0n) is 19.7. The molecule has 0 bridgehead atoms. The van der Waals surface area contributed by atoms with E-state index in [1.54, 1.807) is 12.1 Å². The van der Waals surface area contributed by atoms with Gasteiger partial charge in [-0.3, -0.25) is 9.89 Å². The molecule has 8 nitrogen and oxygen atoms in total. The van der Waals surface area contributed by atoms with Crippen LogP contribution in [-0.4, -0.2) is 32.6 Å². The minimum atomic E-state index is -0.544. The molecule has 1 saturated carbocycles. The lowest BCUT2D eigenvalue weighted by molar-refractivity contribution is -0.127. The van der Waals surface area contributed by atoms with Gasteiger partial charge in [0.1, 0.15) is 22.2 Å². The van der Waals surface area contributed by atoms with Crippen molar-refractivity contribution < 1.29 is 9.18 Å². The molecule has 1 amide bonds. The SMILES string of the molecule is NCC1CCC(C(=O)NC(Cc2ccccc2)c2nc(-c3ccc4c(N)n[nH]c4c3F)c(Cl)[nH]2)CC1. The average Bonchev–Trinajstić information content (AvgIpc) is 3.47. The van der Waals surface area contributed by atoms with Gasteiger partial charge in [0.2, 0.25) is 5.91 Å². The van der Waals surface area contributed by atoms with E-state index in [1.165, 1.54) is 0 Å². The van der Waals surface area contributed by atoms with Crippen LogP contribution in [0.3, 0.4) is 0 Å². The van der Waals surface area contributed by atoms with Crippen LogP contribution >= 0.6 is 11.6 Å². The normalized spacial score (nSPS) is 18.9. The Hall–Kier alpha value is -3.43. The topological polar surface area (TPSA) is 138 Å². The van der Waals surface area contributed by atoms with Crippen LogP contribution in [0, 0.1) is 17.7 Å². The number of aromatic nitrogens is 4. The van der Waals surface area contributed by atoms with Gasteiger partial charge in [-0.05, 0) is 62.3 Å². The number of fused-ring (bicyclic) bond motifs is 1. The highest BCUT2D eigenvalue weighted by atomic mass is 35.5. The number of amides is 1. The molecule has 7 N–H and O–H groups in total. The van der Waals surface area contributed by atoms with Gasteiger partial charge in [0.15, 0.2) is 11.6 Å². The molecule has 10 heteroatoms. The van der Waals surface area contributed by atoms with Crippen LogP contribution in [0.25, 0.3) is 22.2 Å². The van der Waals surface area contributed by atoms with E-state index in [0.29, 0.717) is 30.1 Å². The van der Waals surface area contributed by atoms with Crippen molar-refractivity contribution in [1.82, 2.24) is 25.5 Å². The van der Waals surface area contributed by atoms with Gasteiger partial charge in [0.25, 0.3) is 0 Å². The summed E-state index contributed by atoms with van der Waals surface area (Å²) in [5, 5.41) is 10.3. The lowest BCUT2D eigenvalue weighted by Crippen LogP contribution is -2.37. The molecule has 2 heterocycles. The number of imidazole rings is 1. The van der Waals surface area contributed by atoms with Crippen LogP contribution in [-0.2, 0) is 11.2 Å². The molecule has 1 atom stereocenters. The Balaban J connectivity index is 1.44. The smallest absolute Gasteiger partial charge is 0.223 e. The van der Waals surface area contributed by atoms with E-state index in [2.05, 4.69) is 25.5 Å². The number of rotatable bonds is 7. The summed E-state index contributed by atoms with van der Waals surface area (Å²) in [4.78, 5) is 21.0. The van der Waals surface area contributed by atoms with Crippen molar-refractivity contribution in [2.45, 2.75) is 38.1 Å². The Morgan fingerprint density at radius 1 is 1.17 bits per heavy atom. The molecule has 0 aliphatic heterocycles. The lowest BCUT2D eigenvalue weighted by atomic mass is 9.81. The number of nitrogen functional groups attached to an aromatic ring is 1. The molecule has 1 aliphatic carbocycles. The summed E-state index contributed by atoms with van der Waals surface area (Å²) < 4.78 is 15.3. The van der Waals surface area contributed by atoms with Gasteiger partial charge in [-0.2, -0.15) is 5.10 Å². The fraction of sp³-hybridized carbons (Fsp3) is 0.346. The van der Waals surface area contributed by atoms with Gasteiger partial charge >= 0.3 is 0 Å². The first-order chi connectivity index (χ1) is 17.4. The number of hydrogen-bond donors (Lipinski definition) is 5. The molecule has 0 saturated heterocycles. The molecule has 0 radical (unpaired) electrons. The van der Waals surface area contributed by atoms with Gasteiger partial charge in [0.05, 0.1) is 6.04 Å².